The Morgan fingerprint density at radius 2 is 1.69 bits per heavy atom. The Morgan fingerprint density at radius 1 is 1.00 bits per heavy atom. The van der Waals surface area contributed by atoms with Crippen molar-refractivity contribution in [3.63, 3.8) is 0 Å². The topological polar surface area (TPSA) is 66.9 Å². The highest BCUT2D eigenvalue weighted by Gasteiger charge is 2.32. The first-order valence-corrected chi connectivity index (χ1v) is 12.7. The van der Waals surface area contributed by atoms with Gasteiger partial charge in [-0.1, -0.05) is 51.1 Å². The van der Waals surface area contributed by atoms with Crippen LogP contribution < -0.4 is 0 Å². The number of carbonyl (C=O) groups excluding carboxylic acids is 1. The van der Waals surface area contributed by atoms with E-state index in [0.29, 0.717) is 38.4 Å². The normalized spacial score (nSPS) is 20.5. The van der Waals surface area contributed by atoms with Crippen LogP contribution in [0.4, 0.5) is 0 Å². The molecule has 2 aromatic carbocycles. The highest BCUT2D eigenvalue weighted by atomic mass is 32.2. The first-order chi connectivity index (χ1) is 15.2. The number of sulfonamides is 1. The highest BCUT2D eigenvalue weighted by Crippen LogP contribution is 2.34. The van der Waals surface area contributed by atoms with Gasteiger partial charge < -0.3 is 9.64 Å². The number of nitrogens with zero attached hydrogens (tertiary/aromatic N) is 2. The van der Waals surface area contributed by atoms with Crippen molar-refractivity contribution in [3.8, 4) is 0 Å². The molecule has 2 aliphatic rings. The molecular formula is C25H32N2O4S. The molecule has 0 aromatic heterocycles. The number of carbonyl (C=O) groups is 1. The van der Waals surface area contributed by atoms with Crippen molar-refractivity contribution in [1.82, 2.24) is 9.21 Å². The molecule has 7 heteroatoms. The first kappa shape index (κ1) is 23.0. The Morgan fingerprint density at radius 3 is 2.34 bits per heavy atom. The number of benzene rings is 2. The number of morpholine rings is 1. The number of hydrogen-bond acceptors (Lipinski definition) is 4. The molecule has 2 saturated heterocycles. The number of likely N-dealkylation sites (tertiary alicyclic amines) is 1. The molecule has 6 nitrogen and oxygen atoms in total. The predicted octanol–water partition coefficient (Wildman–Crippen LogP) is 3.98. The summed E-state index contributed by atoms with van der Waals surface area (Å²) in [4.78, 5) is 15.5. The monoisotopic (exact) mass is 456 g/mol. The minimum Gasteiger partial charge on any atom is -0.379 e. The SMILES string of the molecule is CC(C)(C)c1ccc(C2CCCN2C(=O)c2cccc(S(=O)(=O)N3CCOCC3)c2)cc1. The van der Waals surface area contributed by atoms with Crippen molar-refractivity contribution < 1.29 is 17.9 Å². The number of amides is 1. The van der Waals surface area contributed by atoms with Gasteiger partial charge >= 0.3 is 0 Å². The summed E-state index contributed by atoms with van der Waals surface area (Å²) in [5.74, 6) is -0.119. The van der Waals surface area contributed by atoms with E-state index in [9.17, 15) is 13.2 Å². The van der Waals surface area contributed by atoms with Crippen molar-refractivity contribution in [2.75, 3.05) is 32.8 Å². The van der Waals surface area contributed by atoms with Gasteiger partial charge in [0.05, 0.1) is 24.2 Å². The largest absolute Gasteiger partial charge is 0.379 e. The molecule has 1 amide bonds. The zero-order valence-corrected chi connectivity index (χ0v) is 19.9. The predicted molar refractivity (Wildman–Crippen MR) is 124 cm³/mol. The van der Waals surface area contributed by atoms with E-state index < -0.39 is 10.0 Å². The van der Waals surface area contributed by atoms with Crippen LogP contribution in [0.5, 0.6) is 0 Å². The number of rotatable bonds is 4. The van der Waals surface area contributed by atoms with Crippen LogP contribution in [-0.4, -0.2) is 56.4 Å². The van der Waals surface area contributed by atoms with Gasteiger partial charge in [-0.2, -0.15) is 4.31 Å². The molecule has 2 aromatic rings. The molecule has 0 radical (unpaired) electrons. The maximum absolute atomic E-state index is 13.4. The summed E-state index contributed by atoms with van der Waals surface area (Å²) in [5.41, 5.74) is 2.88. The molecular weight excluding hydrogens is 424 g/mol. The molecule has 1 atom stereocenters. The van der Waals surface area contributed by atoms with Crippen LogP contribution in [-0.2, 0) is 20.2 Å². The maximum atomic E-state index is 13.4. The summed E-state index contributed by atoms with van der Waals surface area (Å²) in [6.07, 6.45) is 1.84. The Labute approximate surface area is 191 Å². The van der Waals surface area contributed by atoms with Gasteiger partial charge in [-0.3, -0.25) is 4.79 Å². The van der Waals surface area contributed by atoms with Gasteiger partial charge in [-0.15, -0.1) is 0 Å². The third kappa shape index (κ3) is 4.60. The van der Waals surface area contributed by atoms with Crippen LogP contribution in [0.15, 0.2) is 53.4 Å². The van der Waals surface area contributed by atoms with E-state index in [4.69, 9.17) is 4.74 Å². The minimum atomic E-state index is -3.64. The van der Waals surface area contributed by atoms with Crippen LogP contribution in [0, 0.1) is 0 Å². The zero-order valence-electron chi connectivity index (χ0n) is 19.1. The van der Waals surface area contributed by atoms with Gasteiger partial charge in [-0.25, -0.2) is 8.42 Å². The quantitative estimate of drug-likeness (QED) is 0.698. The zero-order chi connectivity index (χ0) is 22.9. The van der Waals surface area contributed by atoms with Gasteiger partial charge in [0.2, 0.25) is 10.0 Å². The van der Waals surface area contributed by atoms with Crippen molar-refractivity contribution in [3.05, 3.63) is 65.2 Å². The van der Waals surface area contributed by atoms with Crippen LogP contribution in [0.1, 0.15) is 61.1 Å². The molecule has 32 heavy (non-hydrogen) atoms. The third-order valence-electron chi connectivity index (χ3n) is 6.36. The Bertz CT molecular complexity index is 1070. The van der Waals surface area contributed by atoms with Crippen LogP contribution in [0.2, 0.25) is 0 Å². The molecule has 0 N–H and O–H groups in total. The summed E-state index contributed by atoms with van der Waals surface area (Å²) >= 11 is 0. The second-order valence-electron chi connectivity index (χ2n) is 9.57. The second-order valence-corrected chi connectivity index (χ2v) is 11.5. The summed E-state index contributed by atoms with van der Waals surface area (Å²) in [6.45, 7) is 8.67. The van der Waals surface area contributed by atoms with Crippen molar-refractivity contribution in [2.24, 2.45) is 0 Å². The fourth-order valence-corrected chi connectivity index (χ4v) is 5.91. The summed E-state index contributed by atoms with van der Waals surface area (Å²) in [7, 11) is -3.64. The molecule has 0 saturated carbocycles. The second kappa shape index (κ2) is 8.96. The molecule has 2 fully saturated rings. The van der Waals surface area contributed by atoms with Gasteiger partial charge in [0.25, 0.3) is 5.91 Å². The average Bonchev–Trinajstić information content (AvgIpc) is 3.29. The van der Waals surface area contributed by atoms with E-state index >= 15 is 0 Å². The smallest absolute Gasteiger partial charge is 0.254 e. The Kier molecular flexibility index (Phi) is 6.43. The van der Waals surface area contributed by atoms with Crippen molar-refractivity contribution in [1.29, 1.82) is 0 Å². The molecule has 4 rings (SSSR count). The maximum Gasteiger partial charge on any atom is 0.254 e. The molecule has 2 aliphatic heterocycles. The summed E-state index contributed by atoms with van der Waals surface area (Å²) in [6, 6.07) is 15.0. The van der Waals surface area contributed by atoms with E-state index in [1.807, 2.05) is 4.90 Å². The standard InChI is InChI=1S/C25H32N2O4S/c1-25(2,3)21-11-9-19(10-12-21)23-8-5-13-27(23)24(28)20-6-4-7-22(18-20)32(29,30)26-14-16-31-17-15-26/h4,6-7,9-12,18,23H,5,8,13-17H2,1-3H3. The number of ether oxygens (including phenoxy) is 1. The average molecular weight is 457 g/mol. The third-order valence-corrected chi connectivity index (χ3v) is 8.26. The van der Waals surface area contributed by atoms with Crippen LogP contribution in [0.3, 0.4) is 0 Å². The van der Waals surface area contributed by atoms with E-state index in [0.717, 1.165) is 18.4 Å². The first-order valence-electron chi connectivity index (χ1n) is 11.3. The van der Waals surface area contributed by atoms with E-state index in [2.05, 4.69) is 45.0 Å². The van der Waals surface area contributed by atoms with E-state index in [1.165, 1.54) is 15.9 Å². The van der Waals surface area contributed by atoms with Crippen LogP contribution in [0.25, 0.3) is 0 Å². The lowest BCUT2D eigenvalue weighted by Gasteiger charge is -2.27. The number of hydrogen-bond donors (Lipinski definition) is 0. The van der Waals surface area contributed by atoms with Gasteiger partial charge in [0, 0.05) is 25.2 Å². The Balaban J connectivity index is 1.57. The highest BCUT2D eigenvalue weighted by molar-refractivity contribution is 7.89. The summed E-state index contributed by atoms with van der Waals surface area (Å²) in [5, 5.41) is 0. The van der Waals surface area contributed by atoms with Crippen molar-refractivity contribution in [2.45, 2.75) is 50.0 Å². The molecule has 0 spiro atoms. The molecule has 0 aliphatic carbocycles. The fourth-order valence-electron chi connectivity index (χ4n) is 4.45. The lowest BCUT2D eigenvalue weighted by atomic mass is 9.86. The summed E-state index contributed by atoms with van der Waals surface area (Å²) < 4.78 is 32.8. The lowest BCUT2D eigenvalue weighted by Crippen LogP contribution is -2.40. The van der Waals surface area contributed by atoms with E-state index in [1.54, 1.807) is 18.2 Å². The fraction of sp³-hybridized carbons (Fsp3) is 0.480. The van der Waals surface area contributed by atoms with Gasteiger partial charge in [0.1, 0.15) is 0 Å². The minimum absolute atomic E-state index is 0.0102. The van der Waals surface area contributed by atoms with Gasteiger partial charge in [0.15, 0.2) is 0 Å². The Hall–Kier alpha value is -2.22. The van der Waals surface area contributed by atoms with Crippen molar-refractivity contribution >= 4 is 15.9 Å². The molecule has 172 valence electrons. The molecule has 0 bridgehead atoms. The molecule has 1 unspecified atom stereocenters. The molecule has 2 heterocycles. The van der Waals surface area contributed by atoms with Gasteiger partial charge in [-0.05, 0) is 47.6 Å². The van der Waals surface area contributed by atoms with E-state index in [-0.39, 0.29) is 22.3 Å². The van der Waals surface area contributed by atoms with Crippen LogP contribution >= 0.6 is 0 Å². The lowest BCUT2D eigenvalue weighted by molar-refractivity contribution is 0.0727.